The number of carbonyl (C=O) groups is 1. The normalized spacial score (nSPS) is 29.6. The van der Waals surface area contributed by atoms with E-state index in [1.54, 1.807) is 0 Å². The van der Waals surface area contributed by atoms with Gasteiger partial charge in [-0.15, -0.1) is 0 Å². The predicted molar refractivity (Wildman–Crippen MR) is 69.7 cm³/mol. The zero-order chi connectivity index (χ0) is 12.8. The SMILES string of the molecule is CCN1CCOC(C(=O)CCCC2CCCO2)C1. The Morgan fingerprint density at radius 1 is 1.33 bits per heavy atom. The van der Waals surface area contributed by atoms with Crippen LogP contribution in [-0.4, -0.2) is 55.7 Å². The second-order valence-corrected chi connectivity index (χ2v) is 5.25. The third-order valence-corrected chi connectivity index (χ3v) is 3.93. The first-order chi connectivity index (χ1) is 8.79. The molecular formula is C14H25NO3. The first-order valence-corrected chi connectivity index (χ1v) is 7.28. The van der Waals surface area contributed by atoms with Crippen molar-refractivity contribution in [3.05, 3.63) is 0 Å². The first kappa shape index (κ1) is 14.0. The Bertz CT molecular complexity index is 264. The van der Waals surface area contributed by atoms with Crippen molar-refractivity contribution < 1.29 is 14.3 Å². The Kier molecular flexibility index (Phi) is 5.60. The van der Waals surface area contributed by atoms with Crippen molar-refractivity contribution in [1.82, 2.24) is 4.90 Å². The lowest BCUT2D eigenvalue weighted by Gasteiger charge is -2.31. The molecule has 0 aromatic carbocycles. The number of morpholine rings is 1. The molecule has 2 rings (SSSR count). The summed E-state index contributed by atoms with van der Waals surface area (Å²) in [5.41, 5.74) is 0. The van der Waals surface area contributed by atoms with Crippen molar-refractivity contribution in [2.24, 2.45) is 0 Å². The van der Waals surface area contributed by atoms with Crippen LogP contribution in [0.2, 0.25) is 0 Å². The van der Waals surface area contributed by atoms with Crippen molar-refractivity contribution in [2.75, 3.05) is 32.8 Å². The van der Waals surface area contributed by atoms with Gasteiger partial charge in [0, 0.05) is 26.1 Å². The van der Waals surface area contributed by atoms with E-state index in [0.29, 0.717) is 19.1 Å². The van der Waals surface area contributed by atoms with Crippen LogP contribution in [0.4, 0.5) is 0 Å². The molecule has 2 fully saturated rings. The summed E-state index contributed by atoms with van der Waals surface area (Å²) in [7, 11) is 0. The number of hydrogen-bond donors (Lipinski definition) is 0. The lowest BCUT2D eigenvalue weighted by atomic mass is 10.0. The summed E-state index contributed by atoms with van der Waals surface area (Å²) in [6, 6.07) is 0. The fourth-order valence-corrected chi connectivity index (χ4v) is 2.72. The van der Waals surface area contributed by atoms with Gasteiger partial charge in [-0.05, 0) is 32.2 Å². The maximum Gasteiger partial charge on any atom is 0.162 e. The molecule has 104 valence electrons. The summed E-state index contributed by atoms with van der Waals surface area (Å²) in [5, 5.41) is 0. The van der Waals surface area contributed by atoms with E-state index in [1.807, 2.05) is 0 Å². The fourth-order valence-electron chi connectivity index (χ4n) is 2.72. The molecule has 0 saturated carbocycles. The molecule has 2 atom stereocenters. The summed E-state index contributed by atoms with van der Waals surface area (Å²) in [4.78, 5) is 14.3. The maximum absolute atomic E-state index is 12.0. The van der Waals surface area contributed by atoms with Crippen LogP contribution in [0.15, 0.2) is 0 Å². The summed E-state index contributed by atoms with van der Waals surface area (Å²) in [6.07, 6.45) is 5.15. The van der Waals surface area contributed by atoms with Crippen LogP contribution in [0.1, 0.15) is 39.0 Å². The van der Waals surface area contributed by atoms with Gasteiger partial charge in [0.15, 0.2) is 5.78 Å². The minimum Gasteiger partial charge on any atom is -0.378 e. The summed E-state index contributed by atoms with van der Waals surface area (Å²) in [6.45, 7) is 6.45. The van der Waals surface area contributed by atoms with E-state index in [1.165, 1.54) is 6.42 Å². The van der Waals surface area contributed by atoms with E-state index < -0.39 is 0 Å². The van der Waals surface area contributed by atoms with Crippen molar-refractivity contribution in [3.63, 3.8) is 0 Å². The molecule has 2 saturated heterocycles. The minimum atomic E-state index is -0.191. The standard InChI is InChI=1S/C14H25NO3/c1-2-15-8-10-18-14(11-15)13(16)7-3-5-12-6-4-9-17-12/h12,14H,2-11H2,1H3. The second kappa shape index (κ2) is 7.22. The number of likely N-dealkylation sites (N-methyl/N-ethyl adjacent to an activating group) is 1. The summed E-state index contributed by atoms with van der Waals surface area (Å²) < 4.78 is 11.1. The lowest BCUT2D eigenvalue weighted by Crippen LogP contribution is -2.45. The number of ketones is 1. The van der Waals surface area contributed by atoms with Crippen LogP contribution in [-0.2, 0) is 14.3 Å². The minimum absolute atomic E-state index is 0.191. The van der Waals surface area contributed by atoms with E-state index in [9.17, 15) is 4.79 Å². The Morgan fingerprint density at radius 3 is 2.94 bits per heavy atom. The van der Waals surface area contributed by atoms with Crippen LogP contribution >= 0.6 is 0 Å². The molecule has 2 aliphatic heterocycles. The highest BCUT2D eigenvalue weighted by atomic mass is 16.5. The molecule has 0 N–H and O–H groups in total. The zero-order valence-electron chi connectivity index (χ0n) is 11.4. The van der Waals surface area contributed by atoms with Gasteiger partial charge in [-0.1, -0.05) is 6.92 Å². The largest absolute Gasteiger partial charge is 0.378 e. The van der Waals surface area contributed by atoms with Gasteiger partial charge in [0.25, 0.3) is 0 Å². The molecule has 2 aliphatic rings. The van der Waals surface area contributed by atoms with Crippen molar-refractivity contribution in [3.8, 4) is 0 Å². The maximum atomic E-state index is 12.0. The molecule has 2 heterocycles. The number of Topliss-reactive ketones (excluding diaryl/α,β-unsaturated/α-hetero) is 1. The Morgan fingerprint density at radius 2 is 2.22 bits per heavy atom. The van der Waals surface area contributed by atoms with Crippen LogP contribution in [0.3, 0.4) is 0 Å². The van der Waals surface area contributed by atoms with Gasteiger partial charge in [0.05, 0.1) is 12.7 Å². The fraction of sp³-hybridized carbons (Fsp3) is 0.929. The first-order valence-electron chi connectivity index (χ1n) is 7.28. The van der Waals surface area contributed by atoms with E-state index >= 15 is 0 Å². The molecule has 0 aliphatic carbocycles. The second-order valence-electron chi connectivity index (χ2n) is 5.25. The van der Waals surface area contributed by atoms with Gasteiger partial charge in [-0.25, -0.2) is 0 Å². The zero-order valence-corrected chi connectivity index (χ0v) is 11.4. The molecule has 2 unspecified atom stereocenters. The quantitative estimate of drug-likeness (QED) is 0.723. The van der Waals surface area contributed by atoms with Crippen LogP contribution in [0.25, 0.3) is 0 Å². The average Bonchev–Trinajstić information content (AvgIpc) is 2.92. The Balaban J connectivity index is 1.64. The van der Waals surface area contributed by atoms with Gasteiger partial charge >= 0.3 is 0 Å². The van der Waals surface area contributed by atoms with Crippen molar-refractivity contribution in [1.29, 1.82) is 0 Å². The molecule has 0 aromatic rings. The van der Waals surface area contributed by atoms with Gasteiger partial charge in [0.2, 0.25) is 0 Å². The van der Waals surface area contributed by atoms with Crippen LogP contribution in [0, 0.1) is 0 Å². The van der Waals surface area contributed by atoms with E-state index in [2.05, 4.69) is 11.8 Å². The topological polar surface area (TPSA) is 38.8 Å². The van der Waals surface area contributed by atoms with E-state index in [4.69, 9.17) is 9.47 Å². The summed E-state index contributed by atoms with van der Waals surface area (Å²) in [5.74, 6) is 0.270. The highest BCUT2D eigenvalue weighted by Crippen LogP contribution is 2.18. The molecule has 0 spiro atoms. The van der Waals surface area contributed by atoms with E-state index in [-0.39, 0.29) is 11.9 Å². The molecule has 4 heteroatoms. The Hall–Kier alpha value is -0.450. The average molecular weight is 255 g/mol. The molecular weight excluding hydrogens is 230 g/mol. The molecule has 0 amide bonds. The highest BCUT2D eigenvalue weighted by molar-refractivity contribution is 5.83. The van der Waals surface area contributed by atoms with Gasteiger partial charge in [0.1, 0.15) is 6.10 Å². The smallest absolute Gasteiger partial charge is 0.162 e. The number of rotatable bonds is 6. The number of hydrogen-bond acceptors (Lipinski definition) is 4. The molecule has 0 aromatic heterocycles. The van der Waals surface area contributed by atoms with Crippen LogP contribution < -0.4 is 0 Å². The predicted octanol–water partition coefficient (Wildman–Crippen LogP) is 1.63. The highest BCUT2D eigenvalue weighted by Gasteiger charge is 2.25. The molecule has 0 radical (unpaired) electrons. The van der Waals surface area contributed by atoms with Gasteiger partial charge < -0.3 is 9.47 Å². The number of carbonyl (C=O) groups excluding carboxylic acids is 1. The molecule has 18 heavy (non-hydrogen) atoms. The molecule has 4 nitrogen and oxygen atoms in total. The van der Waals surface area contributed by atoms with Gasteiger partial charge in [-0.2, -0.15) is 0 Å². The van der Waals surface area contributed by atoms with Crippen LogP contribution in [0.5, 0.6) is 0 Å². The number of nitrogens with zero attached hydrogens (tertiary/aromatic N) is 1. The Labute approximate surface area is 110 Å². The monoisotopic (exact) mass is 255 g/mol. The van der Waals surface area contributed by atoms with Crippen molar-refractivity contribution in [2.45, 2.75) is 51.2 Å². The third-order valence-electron chi connectivity index (χ3n) is 3.93. The van der Waals surface area contributed by atoms with Gasteiger partial charge in [-0.3, -0.25) is 9.69 Å². The lowest BCUT2D eigenvalue weighted by molar-refractivity contribution is -0.136. The third kappa shape index (κ3) is 4.04. The number of ether oxygens (including phenoxy) is 2. The summed E-state index contributed by atoms with van der Waals surface area (Å²) >= 11 is 0. The van der Waals surface area contributed by atoms with Crippen molar-refractivity contribution >= 4 is 5.78 Å². The van der Waals surface area contributed by atoms with E-state index in [0.717, 1.165) is 45.5 Å². The molecule has 0 bridgehead atoms.